The van der Waals surface area contributed by atoms with E-state index >= 15 is 0 Å². The van der Waals surface area contributed by atoms with E-state index in [-0.39, 0.29) is 18.2 Å². The molecule has 0 aliphatic carbocycles. The normalized spacial score (nSPS) is 19.6. The van der Waals surface area contributed by atoms with Crippen molar-refractivity contribution in [2.75, 3.05) is 18.5 Å². The standard InChI is InChI=1S/C27H25N5O2/c33-27-22-10-4-5-11-24(22)29-26(31(27)17-21-9-6-16-34-21)23-18-32(20-7-2-1-3-8-20)30-25(23)19-12-14-28-15-13-19/h1-5,7-8,10-15,18,21,26,29H,6,9,16-17H2/t21-,26+/m0/s1. The number of ether oxygens (including phenoxy) is 1. The molecule has 1 amide bonds. The summed E-state index contributed by atoms with van der Waals surface area (Å²) < 4.78 is 7.79. The van der Waals surface area contributed by atoms with Crippen LogP contribution in [0.2, 0.25) is 0 Å². The van der Waals surface area contributed by atoms with Gasteiger partial charge in [0.15, 0.2) is 0 Å². The van der Waals surface area contributed by atoms with Crippen molar-refractivity contribution in [1.82, 2.24) is 19.7 Å². The van der Waals surface area contributed by atoms with Crippen molar-refractivity contribution in [3.63, 3.8) is 0 Å². The van der Waals surface area contributed by atoms with E-state index in [1.54, 1.807) is 12.4 Å². The number of aromatic nitrogens is 3. The number of carbonyl (C=O) groups is 1. The van der Waals surface area contributed by atoms with E-state index in [1.165, 1.54) is 0 Å². The van der Waals surface area contributed by atoms with Crippen molar-refractivity contribution >= 4 is 11.6 Å². The zero-order valence-corrected chi connectivity index (χ0v) is 18.7. The van der Waals surface area contributed by atoms with Crippen molar-refractivity contribution in [2.24, 2.45) is 0 Å². The third kappa shape index (κ3) is 3.74. The summed E-state index contributed by atoms with van der Waals surface area (Å²) in [6.45, 7) is 1.27. The molecule has 7 nitrogen and oxygen atoms in total. The molecule has 2 aliphatic heterocycles. The molecule has 2 aromatic heterocycles. The van der Waals surface area contributed by atoms with Gasteiger partial charge in [0.25, 0.3) is 5.91 Å². The maximum Gasteiger partial charge on any atom is 0.257 e. The number of para-hydroxylation sites is 2. The molecule has 4 aromatic rings. The van der Waals surface area contributed by atoms with Gasteiger partial charge < -0.3 is 15.0 Å². The van der Waals surface area contributed by atoms with E-state index in [1.807, 2.05) is 82.5 Å². The molecule has 0 saturated carbocycles. The Balaban J connectivity index is 1.49. The van der Waals surface area contributed by atoms with Crippen molar-refractivity contribution in [3.8, 4) is 16.9 Å². The minimum absolute atomic E-state index is 0.00277. The van der Waals surface area contributed by atoms with Crippen LogP contribution in [0.25, 0.3) is 16.9 Å². The third-order valence-electron chi connectivity index (χ3n) is 6.46. The smallest absolute Gasteiger partial charge is 0.257 e. The van der Waals surface area contributed by atoms with Gasteiger partial charge >= 0.3 is 0 Å². The van der Waals surface area contributed by atoms with Gasteiger partial charge in [0, 0.05) is 48.6 Å². The zero-order valence-electron chi connectivity index (χ0n) is 18.7. The van der Waals surface area contributed by atoms with Crippen LogP contribution in [0.1, 0.15) is 34.9 Å². The number of nitrogens with zero attached hydrogens (tertiary/aromatic N) is 4. The Bertz CT molecular complexity index is 1300. The number of benzene rings is 2. The summed E-state index contributed by atoms with van der Waals surface area (Å²) in [4.78, 5) is 19.8. The molecule has 6 rings (SSSR count). The Morgan fingerprint density at radius 3 is 2.59 bits per heavy atom. The first-order valence-corrected chi connectivity index (χ1v) is 11.6. The van der Waals surface area contributed by atoms with Gasteiger partial charge in [-0.15, -0.1) is 0 Å². The summed E-state index contributed by atoms with van der Waals surface area (Å²) in [5.41, 5.74) is 5.15. The van der Waals surface area contributed by atoms with E-state index in [2.05, 4.69) is 10.3 Å². The van der Waals surface area contributed by atoms with Gasteiger partial charge in [0.1, 0.15) is 6.17 Å². The first-order valence-electron chi connectivity index (χ1n) is 11.6. The summed E-state index contributed by atoms with van der Waals surface area (Å²) in [5.74, 6) is 0.00277. The van der Waals surface area contributed by atoms with Crippen molar-refractivity contribution < 1.29 is 9.53 Å². The Morgan fingerprint density at radius 2 is 1.79 bits per heavy atom. The van der Waals surface area contributed by atoms with E-state index in [9.17, 15) is 4.79 Å². The summed E-state index contributed by atoms with van der Waals surface area (Å²) >= 11 is 0. The van der Waals surface area contributed by atoms with Crippen LogP contribution in [0.15, 0.2) is 85.3 Å². The molecular weight excluding hydrogens is 426 g/mol. The lowest BCUT2D eigenvalue weighted by molar-refractivity contribution is 0.0427. The predicted octanol–water partition coefficient (Wildman–Crippen LogP) is 4.68. The van der Waals surface area contributed by atoms with Gasteiger partial charge in [-0.1, -0.05) is 30.3 Å². The Kier molecular flexibility index (Phi) is 5.31. The number of amides is 1. The molecule has 0 unspecified atom stereocenters. The van der Waals surface area contributed by atoms with Crippen LogP contribution in [0.4, 0.5) is 5.69 Å². The van der Waals surface area contributed by atoms with E-state index < -0.39 is 0 Å². The molecule has 4 heterocycles. The molecule has 34 heavy (non-hydrogen) atoms. The highest BCUT2D eigenvalue weighted by molar-refractivity contribution is 6.02. The number of fused-ring (bicyclic) bond motifs is 1. The number of pyridine rings is 1. The first-order chi connectivity index (χ1) is 16.8. The maximum absolute atomic E-state index is 13.7. The molecular formula is C27H25N5O2. The van der Waals surface area contributed by atoms with Crippen LogP contribution < -0.4 is 5.32 Å². The third-order valence-corrected chi connectivity index (χ3v) is 6.46. The largest absolute Gasteiger partial charge is 0.376 e. The van der Waals surface area contributed by atoms with Crippen molar-refractivity contribution in [3.05, 3.63) is 96.4 Å². The van der Waals surface area contributed by atoms with Gasteiger partial charge in [0.2, 0.25) is 0 Å². The number of hydrogen-bond acceptors (Lipinski definition) is 5. The van der Waals surface area contributed by atoms with Crippen molar-refractivity contribution in [2.45, 2.75) is 25.1 Å². The van der Waals surface area contributed by atoms with Crippen LogP contribution in [0.3, 0.4) is 0 Å². The molecule has 7 heteroatoms. The molecule has 0 radical (unpaired) electrons. The lowest BCUT2D eigenvalue weighted by atomic mass is 10.0. The molecule has 1 fully saturated rings. The van der Waals surface area contributed by atoms with Crippen LogP contribution in [0, 0.1) is 0 Å². The average Bonchev–Trinajstić information content (AvgIpc) is 3.57. The van der Waals surface area contributed by atoms with E-state index in [0.717, 1.165) is 47.6 Å². The number of hydrogen-bond donors (Lipinski definition) is 1. The number of carbonyl (C=O) groups excluding carboxylic acids is 1. The molecule has 2 aromatic carbocycles. The lowest BCUT2D eigenvalue weighted by Gasteiger charge is -2.39. The fraction of sp³-hybridized carbons (Fsp3) is 0.222. The maximum atomic E-state index is 13.7. The predicted molar refractivity (Wildman–Crippen MR) is 130 cm³/mol. The van der Waals surface area contributed by atoms with Gasteiger partial charge in [-0.25, -0.2) is 4.68 Å². The monoisotopic (exact) mass is 451 g/mol. The molecule has 1 saturated heterocycles. The summed E-state index contributed by atoms with van der Waals surface area (Å²) in [5, 5.41) is 8.58. The van der Waals surface area contributed by atoms with Crippen LogP contribution in [0.5, 0.6) is 0 Å². The summed E-state index contributed by atoms with van der Waals surface area (Å²) in [7, 11) is 0. The lowest BCUT2D eigenvalue weighted by Crippen LogP contribution is -2.46. The van der Waals surface area contributed by atoms with Gasteiger partial charge in [-0.2, -0.15) is 5.10 Å². The summed E-state index contributed by atoms with van der Waals surface area (Å²) in [6, 6.07) is 21.6. The second-order valence-corrected chi connectivity index (χ2v) is 8.63. The quantitative estimate of drug-likeness (QED) is 0.477. The van der Waals surface area contributed by atoms with Gasteiger partial charge in [0.05, 0.1) is 23.0 Å². The van der Waals surface area contributed by atoms with Crippen molar-refractivity contribution in [1.29, 1.82) is 0 Å². The number of anilines is 1. The Hall–Kier alpha value is -3.97. The van der Waals surface area contributed by atoms with Crippen LogP contribution >= 0.6 is 0 Å². The fourth-order valence-electron chi connectivity index (χ4n) is 4.77. The average molecular weight is 452 g/mol. The minimum Gasteiger partial charge on any atom is -0.376 e. The first kappa shape index (κ1) is 20.6. The molecule has 2 aliphatic rings. The highest BCUT2D eigenvalue weighted by Crippen LogP contribution is 2.38. The highest BCUT2D eigenvalue weighted by Gasteiger charge is 2.37. The van der Waals surface area contributed by atoms with E-state index in [0.29, 0.717) is 12.1 Å². The molecule has 2 atom stereocenters. The second kappa shape index (κ2) is 8.76. The Morgan fingerprint density at radius 1 is 1.00 bits per heavy atom. The molecule has 0 bridgehead atoms. The summed E-state index contributed by atoms with van der Waals surface area (Å²) in [6.07, 6.45) is 7.18. The fourth-order valence-corrected chi connectivity index (χ4v) is 4.77. The van der Waals surface area contributed by atoms with Gasteiger partial charge in [-0.3, -0.25) is 9.78 Å². The highest BCUT2D eigenvalue weighted by atomic mass is 16.5. The molecule has 0 spiro atoms. The van der Waals surface area contributed by atoms with Gasteiger partial charge in [-0.05, 0) is 49.2 Å². The molecule has 1 N–H and O–H groups in total. The minimum atomic E-state index is -0.382. The topological polar surface area (TPSA) is 72.3 Å². The second-order valence-electron chi connectivity index (χ2n) is 8.63. The van der Waals surface area contributed by atoms with Crippen LogP contribution in [-0.4, -0.2) is 44.8 Å². The zero-order chi connectivity index (χ0) is 22.9. The molecule has 170 valence electrons. The van der Waals surface area contributed by atoms with E-state index in [4.69, 9.17) is 9.84 Å². The number of nitrogens with one attached hydrogen (secondary N) is 1. The Labute approximate surface area is 198 Å². The SMILES string of the molecule is O=C1c2ccccc2N[C@@H](c2cn(-c3ccccc3)nc2-c2ccncc2)N1C[C@@H]1CCCO1. The number of rotatable bonds is 5. The van der Waals surface area contributed by atoms with Crippen LogP contribution in [-0.2, 0) is 4.74 Å².